The van der Waals surface area contributed by atoms with Gasteiger partial charge in [0.2, 0.25) is 22.7 Å². The molecule has 0 saturated carbocycles. The van der Waals surface area contributed by atoms with Gasteiger partial charge in [0.05, 0.1) is 12.8 Å². The molecule has 0 saturated heterocycles. The number of fused-ring (bicyclic) bond motifs is 1. The van der Waals surface area contributed by atoms with E-state index in [1.54, 1.807) is 18.2 Å². The molecule has 0 aliphatic carbocycles. The Morgan fingerprint density at radius 1 is 1.11 bits per heavy atom. The lowest BCUT2D eigenvalue weighted by atomic mass is 10.1. The van der Waals surface area contributed by atoms with Gasteiger partial charge in [0.25, 0.3) is 0 Å². The molecule has 2 aromatic rings. The Kier molecular flexibility index (Phi) is 5.67. The van der Waals surface area contributed by atoms with Crippen LogP contribution in [0.5, 0.6) is 11.5 Å². The number of hydrogen-bond donors (Lipinski definition) is 1. The highest BCUT2D eigenvalue weighted by atomic mass is 32.2. The van der Waals surface area contributed by atoms with Gasteiger partial charge in [-0.15, -0.1) is 0 Å². The summed E-state index contributed by atoms with van der Waals surface area (Å²) in [6.07, 6.45) is 1.09. The molecule has 27 heavy (non-hydrogen) atoms. The number of amides is 1. The van der Waals surface area contributed by atoms with E-state index in [1.807, 2.05) is 31.2 Å². The average molecular weight is 390 g/mol. The minimum Gasteiger partial charge on any atom is -0.454 e. The number of hydrogen-bond acceptors (Lipinski definition) is 5. The Balaban J connectivity index is 1.63. The summed E-state index contributed by atoms with van der Waals surface area (Å²) in [5, 5.41) is 2.77. The molecule has 0 radical (unpaired) electrons. The number of carbonyl (C=O) groups excluding carboxylic acids is 1. The molecule has 0 atom stereocenters. The lowest BCUT2D eigenvalue weighted by Crippen LogP contribution is -2.39. The van der Waals surface area contributed by atoms with Crippen molar-refractivity contribution in [3.63, 3.8) is 0 Å². The van der Waals surface area contributed by atoms with E-state index in [0.717, 1.165) is 27.3 Å². The van der Waals surface area contributed by atoms with E-state index in [2.05, 4.69) is 5.32 Å². The van der Waals surface area contributed by atoms with Gasteiger partial charge in [0, 0.05) is 13.1 Å². The molecule has 2 aromatic carbocycles. The molecule has 0 spiro atoms. The van der Waals surface area contributed by atoms with E-state index in [0.29, 0.717) is 18.0 Å². The summed E-state index contributed by atoms with van der Waals surface area (Å²) < 4.78 is 35.9. The van der Waals surface area contributed by atoms with Gasteiger partial charge in [-0.2, -0.15) is 4.31 Å². The van der Waals surface area contributed by atoms with Gasteiger partial charge < -0.3 is 14.8 Å². The molecule has 1 aliphatic rings. The Labute approximate surface area is 158 Å². The van der Waals surface area contributed by atoms with Gasteiger partial charge in [-0.25, -0.2) is 8.42 Å². The first-order chi connectivity index (χ1) is 12.8. The molecule has 8 heteroatoms. The zero-order chi connectivity index (χ0) is 19.4. The highest BCUT2D eigenvalue weighted by Gasteiger charge is 2.22. The standard InChI is InChI=1S/C19H22N2O5S/c1-14-4-3-5-15(8-14)10-20-19(22)12-21(27(2,23)24)11-16-6-7-17-18(9-16)26-13-25-17/h3-9H,10-13H2,1-2H3,(H,20,22). The summed E-state index contributed by atoms with van der Waals surface area (Å²) >= 11 is 0. The number of ether oxygens (including phenoxy) is 2. The van der Waals surface area contributed by atoms with Gasteiger partial charge in [0.1, 0.15) is 0 Å². The van der Waals surface area contributed by atoms with Crippen molar-refractivity contribution in [1.82, 2.24) is 9.62 Å². The van der Waals surface area contributed by atoms with Crippen molar-refractivity contribution in [1.29, 1.82) is 0 Å². The summed E-state index contributed by atoms with van der Waals surface area (Å²) in [6.45, 7) is 2.30. The van der Waals surface area contributed by atoms with E-state index in [9.17, 15) is 13.2 Å². The van der Waals surface area contributed by atoms with Crippen molar-refractivity contribution in [3.8, 4) is 11.5 Å². The number of benzene rings is 2. The van der Waals surface area contributed by atoms with E-state index >= 15 is 0 Å². The molecular weight excluding hydrogens is 368 g/mol. The summed E-state index contributed by atoms with van der Waals surface area (Å²) in [6, 6.07) is 13.0. The zero-order valence-corrected chi connectivity index (χ0v) is 16.1. The maximum absolute atomic E-state index is 12.3. The van der Waals surface area contributed by atoms with Gasteiger partial charge >= 0.3 is 0 Å². The third-order valence-electron chi connectivity index (χ3n) is 4.16. The first-order valence-electron chi connectivity index (χ1n) is 8.47. The second kappa shape index (κ2) is 7.98. The van der Waals surface area contributed by atoms with E-state index in [-0.39, 0.29) is 25.8 Å². The van der Waals surface area contributed by atoms with Crippen LogP contribution in [0.25, 0.3) is 0 Å². The molecule has 1 aliphatic heterocycles. The predicted octanol–water partition coefficient (Wildman–Crippen LogP) is 1.80. The van der Waals surface area contributed by atoms with Crippen molar-refractivity contribution in [3.05, 3.63) is 59.2 Å². The summed E-state index contributed by atoms with van der Waals surface area (Å²) in [5.74, 6) is 0.841. The molecule has 0 aromatic heterocycles. The molecular formula is C19H22N2O5S. The van der Waals surface area contributed by atoms with Crippen LogP contribution in [-0.4, -0.2) is 38.2 Å². The van der Waals surface area contributed by atoms with Crippen LogP contribution in [0.1, 0.15) is 16.7 Å². The highest BCUT2D eigenvalue weighted by Crippen LogP contribution is 2.32. The number of carbonyl (C=O) groups is 1. The predicted molar refractivity (Wildman–Crippen MR) is 101 cm³/mol. The normalized spacial score (nSPS) is 13.0. The molecule has 1 heterocycles. The summed E-state index contributed by atoms with van der Waals surface area (Å²) in [7, 11) is -3.56. The molecule has 1 N–H and O–H groups in total. The monoisotopic (exact) mass is 390 g/mol. The molecule has 0 unspecified atom stereocenters. The summed E-state index contributed by atoms with van der Waals surface area (Å²) in [4.78, 5) is 12.3. The zero-order valence-electron chi connectivity index (χ0n) is 15.3. The van der Waals surface area contributed by atoms with E-state index in [4.69, 9.17) is 9.47 Å². The van der Waals surface area contributed by atoms with Crippen molar-refractivity contribution >= 4 is 15.9 Å². The SMILES string of the molecule is Cc1cccc(CNC(=O)CN(Cc2ccc3c(c2)OCO3)S(C)(=O)=O)c1. The smallest absolute Gasteiger partial charge is 0.235 e. The Hall–Kier alpha value is -2.58. The van der Waals surface area contributed by atoms with Crippen LogP contribution in [0.4, 0.5) is 0 Å². The van der Waals surface area contributed by atoms with Crippen LogP contribution in [0.15, 0.2) is 42.5 Å². The van der Waals surface area contributed by atoms with Gasteiger partial charge in [-0.1, -0.05) is 35.9 Å². The maximum Gasteiger partial charge on any atom is 0.235 e. The van der Waals surface area contributed by atoms with Crippen LogP contribution in [0.3, 0.4) is 0 Å². The Morgan fingerprint density at radius 2 is 1.89 bits per heavy atom. The molecule has 3 rings (SSSR count). The van der Waals surface area contributed by atoms with Crippen LogP contribution in [-0.2, 0) is 27.9 Å². The van der Waals surface area contributed by atoms with Gasteiger partial charge in [-0.05, 0) is 30.2 Å². The fourth-order valence-corrected chi connectivity index (χ4v) is 3.51. The largest absolute Gasteiger partial charge is 0.454 e. The fourth-order valence-electron chi connectivity index (χ4n) is 2.77. The van der Waals surface area contributed by atoms with Crippen LogP contribution in [0, 0.1) is 6.92 Å². The lowest BCUT2D eigenvalue weighted by molar-refractivity contribution is -0.121. The summed E-state index contributed by atoms with van der Waals surface area (Å²) in [5.41, 5.74) is 2.78. The Bertz CT molecular complexity index is 943. The van der Waals surface area contributed by atoms with E-state index in [1.165, 1.54) is 0 Å². The third kappa shape index (κ3) is 5.21. The second-order valence-electron chi connectivity index (χ2n) is 6.48. The topological polar surface area (TPSA) is 84.9 Å². The first-order valence-corrected chi connectivity index (χ1v) is 10.3. The van der Waals surface area contributed by atoms with Crippen LogP contribution in [0.2, 0.25) is 0 Å². The van der Waals surface area contributed by atoms with Crippen molar-refractivity contribution in [2.75, 3.05) is 19.6 Å². The lowest BCUT2D eigenvalue weighted by Gasteiger charge is -2.20. The second-order valence-corrected chi connectivity index (χ2v) is 8.47. The van der Waals surface area contributed by atoms with Crippen molar-refractivity contribution in [2.45, 2.75) is 20.0 Å². The maximum atomic E-state index is 12.3. The molecule has 0 fully saturated rings. The number of aryl methyl sites for hydroxylation is 1. The number of rotatable bonds is 7. The average Bonchev–Trinajstić information content (AvgIpc) is 3.06. The minimum atomic E-state index is -3.56. The van der Waals surface area contributed by atoms with E-state index < -0.39 is 10.0 Å². The van der Waals surface area contributed by atoms with Crippen LogP contribution >= 0.6 is 0 Å². The molecule has 1 amide bonds. The van der Waals surface area contributed by atoms with Gasteiger partial charge in [-0.3, -0.25) is 4.79 Å². The van der Waals surface area contributed by atoms with Gasteiger partial charge in [0.15, 0.2) is 11.5 Å². The first kappa shape index (κ1) is 19.2. The van der Waals surface area contributed by atoms with Crippen molar-refractivity contribution < 1.29 is 22.7 Å². The fraction of sp³-hybridized carbons (Fsp3) is 0.316. The highest BCUT2D eigenvalue weighted by molar-refractivity contribution is 7.88. The molecule has 7 nitrogen and oxygen atoms in total. The van der Waals surface area contributed by atoms with Crippen molar-refractivity contribution in [2.24, 2.45) is 0 Å². The third-order valence-corrected chi connectivity index (χ3v) is 5.35. The molecule has 0 bridgehead atoms. The number of nitrogens with one attached hydrogen (secondary N) is 1. The Morgan fingerprint density at radius 3 is 2.63 bits per heavy atom. The molecule has 144 valence electrons. The van der Waals surface area contributed by atoms with Crippen LogP contribution < -0.4 is 14.8 Å². The number of nitrogens with zero attached hydrogens (tertiary/aromatic N) is 1. The number of sulfonamides is 1. The quantitative estimate of drug-likeness (QED) is 0.779. The minimum absolute atomic E-state index is 0.0767.